The molecular formula is C6H16N2. The van der Waals surface area contributed by atoms with Crippen molar-refractivity contribution in [1.82, 2.24) is 10.6 Å². The van der Waals surface area contributed by atoms with Crippen molar-refractivity contribution in [2.24, 2.45) is 0 Å². The van der Waals surface area contributed by atoms with E-state index >= 15 is 0 Å². The molecule has 0 aliphatic heterocycles. The van der Waals surface area contributed by atoms with Gasteiger partial charge in [-0.3, -0.25) is 0 Å². The second kappa shape index (κ2) is 3.87. The van der Waals surface area contributed by atoms with E-state index in [0.717, 1.165) is 0 Å². The summed E-state index contributed by atoms with van der Waals surface area (Å²) in [5.74, 6) is 0. The highest BCUT2D eigenvalue weighted by Crippen LogP contribution is 1.86. The summed E-state index contributed by atoms with van der Waals surface area (Å²) in [4.78, 5) is 0. The van der Waals surface area contributed by atoms with Gasteiger partial charge in [0.15, 0.2) is 0 Å². The minimum Gasteiger partial charge on any atom is -0.316 e. The Morgan fingerprint density at radius 1 is 0.875 bits per heavy atom. The highest BCUT2D eigenvalue weighted by atomic mass is 15.0. The lowest BCUT2D eigenvalue weighted by atomic mass is 10.2. The van der Waals surface area contributed by atoms with Crippen molar-refractivity contribution >= 4 is 0 Å². The van der Waals surface area contributed by atoms with Gasteiger partial charge in [0.1, 0.15) is 0 Å². The molecule has 0 aliphatic rings. The molecule has 0 bridgehead atoms. The molecule has 50 valence electrons. The standard InChI is InChI=1S/C6H16N2/c1-5(7-3)6(2)8-4/h5-8H,1-4H3/t5-,6+. The summed E-state index contributed by atoms with van der Waals surface area (Å²) in [5.41, 5.74) is 0. The molecule has 0 amide bonds. The second-order valence-electron chi connectivity index (χ2n) is 2.15. The lowest BCUT2D eigenvalue weighted by Crippen LogP contribution is -2.40. The summed E-state index contributed by atoms with van der Waals surface area (Å²) in [7, 11) is 3.94. The first kappa shape index (κ1) is 7.92. The molecule has 0 radical (unpaired) electrons. The summed E-state index contributed by atoms with van der Waals surface area (Å²) in [6, 6.07) is 1.11. The van der Waals surface area contributed by atoms with Gasteiger partial charge in [0, 0.05) is 12.1 Å². The van der Waals surface area contributed by atoms with E-state index in [1.165, 1.54) is 0 Å². The lowest BCUT2D eigenvalue weighted by molar-refractivity contribution is 0.460. The third-order valence-corrected chi connectivity index (χ3v) is 1.66. The van der Waals surface area contributed by atoms with E-state index in [4.69, 9.17) is 0 Å². The highest BCUT2D eigenvalue weighted by Gasteiger charge is 2.04. The summed E-state index contributed by atoms with van der Waals surface area (Å²) < 4.78 is 0. The average Bonchev–Trinajstić information content (AvgIpc) is 1.84. The molecule has 0 spiro atoms. The Hall–Kier alpha value is -0.0800. The zero-order valence-corrected chi connectivity index (χ0v) is 6.15. The molecule has 0 unspecified atom stereocenters. The largest absolute Gasteiger partial charge is 0.316 e. The van der Waals surface area contributed by atoms with Gasteiger partial charge in [-0.1, -0.05) is 0 Å². The fraction of sp³-hybridized carbons (Fsp3) is 1.00. The molecule has 0 aliphatic carbocycles. The van der Waals surface area contributed by atoms with Gasteiger partial charge in [-0.05, 0) is 27.9 Å². The second-order valence-corrected chi connectivity index (χ2v) is 2.15. The molecule has 2 N–H and O–H groups in total. The Morgan fingerprint density at radius 3 is 1.25 bits per heavy atom. The van der Waals surface area contributed by atoms with Gasteiger partial charge < -0.3 is 10.6 Å². The lowest BCUT2D eigenvalue weighted by Gasteiger charge is -2.17. The normalized spacial score (nSPS) is 18.0. The van der Waals surface area contributed by atoms with Crippen LogP contribution in [0.2, 0.25) is 0 Å². The van der Waals surface area contributed by atoms with Gasteiger partial charge >= 0.3 is 0 Å². The molecule has 0 rings (SSSR count). The summed E-state index contributed by atoms with van der Waals surface area (Å²) in [6.45, 7) is 4.31. The van der Waals surface area contributed by atoms with E-state index in [0.29, 0.717) is 12.1 Å². The van der Waals surface area contributed by atoms with Crippen LogP contribution >= 0.6 is 0 Å². The van der Waals surface area contributed by atoms with Crippen molar-refractivity contribution in [3.05, 3.63) is 0 Å². The van der Waals surface area contributed by atoms with Gasteiger partial charge in [-0.2, -0.15) is 0 Å². The summed E-state index contributed by atoms with van der Waals surface area (Å²) >= 11 is 0. The smallest absolute Gasteiger partial charge is 0.0187 e. The van der Waals surface area contributed by atoms with Crippen molar-refractivity contribution in [3.63, 3.8) is 0 Å². The van der Waals surface area contributed by atoms with Crippen molar-refractivity contribution in [3.8, 4) is 0 Å². The van der Waals surface area contributed by atoms with Crippen LogP contribution in [-0.2, 0) is 0 Å². The van der Waals surface area contributed by atoms with Crippen molar-refractivity contribution in [1.29, 1.82) is 0 Å². The first-order valence-corrected chi connectivity index (χ1v) is 3.07. The van der Waals surface area contributed by atoms with E-state index in [-0.39, 0.29) is 0 Å². The maximum Gasteiger partial charge on any atom is 0.0187 e. The van der Waals surface area contributed by atoms with Crippen molar-refractivity contribution < 1.29 is 0 Å². The van der Waals surface area contributed by atoms with Crippen LogP contribution in [0.15, 0.2) is 0 Å². The van der Waals surface area contributed by atoms with Crippen LogP contribution in [0.25, 0.3) is 0 Å². The Balaban J connectivity index is 3.29. The molecule has 2 nitrogen and oxygen atoms in total. The minimum absolute atomic E-state index is 0.556. The minimum atomic E-state index is 0.556. The molecule has 0 fully saturated rings. The number of nitrogens with one attached hydrogen (secondary N) is 2. The number of likely N-dealkylation sites (N-methyl/N-ethyl adjacent to an activating group) is 2. The quantitative estimate of drug-likeness (QED) is 0.550. The van der Waals surface area contributed by atoms with Crippen LogP contribution in [0.3, 0.4) is 0 Å². The molecule has 2 heteroatoms. The average molecular weight is 116 g/mol. The fourth-order valence-electron chi connectivity index (χ4n) is 0.500. The first-order valence-electron chi connectivity index (χ1n) is 3.07. The van der Waals surface area contributed by atoms with Crippen LogP contribution in [-0.4, -0.2) is 26.2 Å². The predicted octanol–water partition coefficient (Wildman–Crippen LogP) is 0.202. The molecule has 0 aromatic carbocycles. The molecule has 0 aromatic rings. The Kier molecular flexibility index (Phi) is 3.83. The topological polar surface area (TPSA) is 24.1 Å². The Morgan fingerprint density at radius 2 is 1.12 bits per heavy atom. The van der Waals surface area contributed by atoms with Crippen LogP contribution in [0.1, 0.15) is 13.8 Å². The number of hydrogen-bond donors (Lipinski definition) is 2. The molecular weight excluding hydrogens is 100 g/mol. The zero-order chi connectivity index (χ0) is 6.57. The van der Waals surface area contributed by atoms with Crippen LogP contribution < -0.4 is 10.6 Å². The molecule has 0 aromatic heterocycles. The summed E-state index contributed by atoms with van der Waals surface area (Å²) in [5, 5.41) is 6.31. The molecule has 2 atom stereocenters. The predicted molar refractivity (Wildman–Crippen MR) is 37.0 cm³/mol. The van der Waals surface area contributed by atoms with E-state index in [1.807, 2.05) is 14.1 Å². The Labute approximate surface area is 51.7 Å². The molecule has 0 saturated carbocycles. The van der Waals surface area contributed by atoms with E-state index in [9.17, 15) is 0 Å². The third kappa shape index (κ3) is 2.28. The van der Waals surface area contributed by atoms with E-state index in [2.05, 4.69) is 24.5 Å². The van der Waals surface area contributed by atoms with E-state index in [1.54, 1.807) is 0 Å². The van der Waals surface area contributed by atoms with Crippen LogP contribution in [0, 0.1) is 0 Å². The maximum atomic E-state index is 3.15. The highest BCUT2D eigenvalue weighted by molar-refractivity contribution is 4.69. The van der Waals surface area contributed by atoms with Gasteiger partial charge in [-0.25, -0.2) is 0 Å². The van der Waals surface area contributed by atoms with Gasteiger partial charge in [-0.15, -0.1) is 0 Å². The zero-order valence-electron chi connectivity index (χ0n) is 6.15. The number of rotatable bonds is 3. The van der Waals surface area contributed by atoms with E-state index < -0.39 is 0 Å². The first-order chi connectivity index (χ1) is 3.72. The molecule has 0 saturated heterocycles. The van der Waals surface area contributed by atoms with Gasteiger partial charge in [0.25, 0.3) is 0 Å². The third-order valence-electron chi connectivity index (χ3n) is 1.66. The maximum absolute atomic E-state index is 3.15. The van der Waals surface area contributed by atoms with Crippen molar-refractivity contribution in [2.75, 3.05) is 14.1 Å². The fourth-order valence-corrected chi connectivity index (χ4v) is 0.500. The van der Waals surface area contributed by atoms with Crippen LogP contribution in [0.5, 0.6) is 0 Å². The molecule has 8 heavy (non-hydrogen) atoms. The SMILES string of the molecule is CN[C@@H](C)[C@@H](C)NC. The van der Waals surface area contributed by atoms with Crippen LogP contribution in [0.4, 0.5) is 0 Å². The Bertz CT molecular complexity index is 46.5. The monoisotopic (exact) mass is 116 g/mol. The molecule has 0 heterocycles. The van der Waals surface area contributed by atoms with Gasteiger partial charge in [0.2, 0.25) is 0 Å². The number of hydrogen-bond acceptors (Lipinski definition) is 2. The van der Waals surface area contributed by atoms with Gasteiger partial charge in [0.05, 0.1) is 0 Å². The van der Waals surface area contributed by atoms with Crippen molar-refractivity contribution in [2.45, 2.75) is 25.9 Å². The summed E-state index contributed by atoms with van der Waals surface area (Å²) in [6.07, 6.45) is 0.